The van der Waals surface area contributed by atoms with Gasteiger partial charge in [0.25, 0.3) is 0 Å². The van der Waals surface area contributed by atoms with Crippen molar-refractivity contribution in [2.45, 2.75) is 38.3 Å². The molecule has 2 aromatic carbocycles. The fourth-order valence-corrected chi connectivity index (χ4v) is 3.73. The summed E-state index contributed by atoms with van der Waals surface area (Å²) in [6, 6.07) is 18.1. The van der Waals surface area contributed by atoms with Crippen molar-refractivity contribution >= 4 is 11.6 Å². The second-order valence-corrected chi connectivity index (χ2v) is 6.98. The van der Waals surface area contributed by atoms with Gasteiger partial charge in [-0.05, 0) is 30.5 Å². The van der Waals surface area contributed by atoms with Crippen molar-refractivity contribution in [1.29, 1.82) is 0 Å². The number of nitrogens with zero attached hydrogens (tertiary/aromatic N) is 3. The number of aromatic nitrogens is 2. The quantitative estimate of drug-likeness (QED) is 0.754. The molecule has 138 valence electrons. The van der Waals surface area contributed by atoms with Gasteiger partial charge in [0.15, 0.2) is 0 Å². The van der Waals surface area contributed by atoms with Crippen LogP contribution in [-0.4, -0.2) is 22.1 Å². The third-order valence-electron chi connectivity index (χ3n) is 5.09. The van der Waals surface area contributed by atoms with E-state index in [4.69, 9.17) is 10.2 Å². The first-order valence-electron chi connectivity index (χ1n) is 9.12. The maximum atomic E-state index is 11.9. The van der Waals surface area contributed by atoms with Gasteiger partial charge < -0.3 is 15.1 Å². The molecule has 0 unspecified atom stereocenters. The van der Waals surface area contributed by atoms with Crippen molar-refractivity contribution in [2.75, 3.05) is 4.90 Å². The predicted octanol–water partition coefficient (Wildman–Crippen LogP) is 3.03. The number of fused-ring (bicyclic) bond motifs is 1. The molecule has 0 radical (unpaired) electrons. The zero-order valence-corrected chi connectivity index (χ0v) is 15.2. The maximum Gasteiger partial charge on any atom is 0.235 e. The SMILES string of the molecule is C[C@@H]1C[C@@H](C(N)=O)c2ccccc2N1Cc1nnc(Cc2ccccc2)o1. The van der Waals surface area contributed by atoms with E-state index < -0.39 is 0 Å². The molecule has 6 nitrogen and oxygen atoms in total. The number of nitrogens with two attached hydrogens (primary N) is 1. The zero-order valence-electron chi connectivity index (χ0n) is 15.2. The topological polar surface area (TPSA) is 85.3 Å². The molecule has 0 saturated carbocycles. The van der Waals surface area contributed by atoms with E-state index >= 15 is 0 Å². The van der Waals surface area contributed by atoms with Crippen LogP contribution in [-0.2, 0) is 17.8 Å². The van der Waals surface area contributed by atoms with Gasteiger partial charge in [0, 0.05) is 11.7 Å². The Morgan fingerprint density at radius 3 is 2.59 bits per heavy atom. The predicted molar refractivity (Wildman–Crippen MR) is 102 cm³/mol. The summed E-state index contributed by atoms with van der Waals surface area (Å²) in [7, 11) is 0. The Labute approximate surface area is 158 Å². The van der Waals surface area contributed by atoms with E-state index in [-0.39, 0.29) is 17.9 Å². The Morgan fingerprint density at radius 2 is 1.81 bits per heavy atom. The van der Waals surface area contributed by atoms with Crippen molar-refractivity contribution in [3.05, 3.63) is 77.5 Å². The van der Waals surface area contributed by atoms with Gasteiger partial charge in [0.05, 0.1) is 18.9 Å². The van der Waals surface area contributed by atoms with Crippen LogP contribution in [0.3, 0.4) is 0 Å². The first kappa shape index (κ1) is 17.3. The number of carbonyl (C=O) groups is 1. The van der Waals surface area contributed by atoms with Crippen LogP contribution in [0.15, 0.2) is 59.0 Å². The highest BCUT2D eigenvalue weighted by molar-refractivity contribution is 5.85. The standard InChI is InChI=1S/C21H22N4O2/c1-14-11-17(21(22)26)16-9-5-6-10-18(16)25(14)13-20-24-23-19(27-20)12-15-7-3-2-4-8-15/h2-10,14,17H,11-13H2,1H3,(H2,22,26)/t14-,17-/m1/s1. The van der Waals surface area contributed by atoms with Crippen LogP contribution in [0, 0.1) is 0 Å². The molecular weight excluding hydrogens is 340 g/mol. The van der Waals surface area contributed by atoms with Gasteiger partial charge >= 0.3 is 0 Å². The minimum atomic E-state index is -0.281. The third kappa shape index (κ3) is 3.56. The smallest absolute Gasteiger partial charge is 0.235 e. The van der Waals surface area contributed by atoms with Gasteiger partial charge in [0.2, 0.25) is 17.7 Å². The zero-order chi connectivity index (χ0) is 18.8. The molecule has 3 aromatic rings. The lowest BCUT2D eigenvalue weighted by Crippen LogP contribution is -2.41. The summed E-state index contributed by atoms with van der Waals surface area (Å²) >= 11 is 0. The molecule has 0 spiro atoms. The van der Waals surface area contributed by atoms with E-state index in [2.05, 4.69) is 22.0 Å². The molecule has 2 heterocycles. The molecule has 1 aliphatic heterocycles. The second-order valence-electron chi connectivity index (χ2n) is 6.98. The molecule has 0 bridgehead atoms. The van der Waals surface area contributed by atoms with Crippen molar-refractivity contribution < 1.29 is 9.21 Å². The van der Waals surface area contributed by atoms with Crippen LogP contribution in [0.2, 0.25) is 0 Å². The fraction of sp³-hybridized carbons (Fsp3) is 0.286. The van der Waals surface area contributed by atoms with Crippen molar-refractivity contribution in [2.24, 2.45) is 5.73 Å². The summed E-state index contributed by atoms with van der Waals surface area (Å²) in [4.78, 5) is 14.1. The van der Waals surface area contributed by atoms with Gasteiger partial charge in [-0.2, -0.15) is 0 Å². The summed E-state index contributed by atoms with van der Waals surface area (Å²) in [6.07, 6.45) is 1.29. The normalized spacial score (nSPS) is 18.9. The third-order valence-corrected chi connectivity index (χ3v) is 5.09. The number of hydrogen-bond donors (Lipinski definition) is 1. The Bertz CT molecular complexity index is 938. The number of primary amides is 1. The fourth-order valence-electron chi connectivity index (χ4n) is 3.73. The largest absolute Gasteiger partial charge is 0.423 e. The highest BCUT2D eigenvalue weighted by atomic mass is 16.4. The molecule has 1 amide bonds. The Hall–Kier alpha value is -3.15. The molecule has 1 aliphatic rings. The van der Waals surface area contributed by atoms with Crippen LogP contribution >= 0.6 is 0 Å². The monoisotopic (exact) mass is 362 g/mol. The highest BCUT2D eigenvalue weighted by Gasteiger charge is 2.33. The molecule has 2 N–H and O–H groups in total. The van der Waals surface area contributed by atoms with Crippen molar-refractivity contribution in [3.8, 4) is 0 Å². The molecule has 27 heavy (non-hydrogen) atoms. The molecular formula is C21H22N4O2. The lowest BCUT2D eigenvalue weighted by atomic mass is 9.85. The molecule has 0 fully saturated rings. The number of benzene rings is 2. The maximum absolute atomic E-state index is 11.9. The van der Waals surface area contributed by atoms with E-state index in [0.717, 1.165) is 16.8 Å². The van der Waals surface area contributed by atoms with Crippen molar-refractivity contribution in [3.63, 3.8) is 0 Å². The average molecular weight is 362 g/mol. The summed E-state index contributed by atoms with van der Waals surface area (Å²) in [5.74, 6) is 0.630. The van der Waals surface area contributed by atoms with E-state index in [1.807, 2.05) is 54.6 Å². The summed E-state index contributed by atoms with van der Waals surface area (Å²) in [6.45, 7) is 2.60. The first-order chi connectivity index (χ1) is 13.1. The lowest BCUT2D eigenvalue weighted by molar-refractivity contribution is -0.119. The van der Waals surface area contributed by atoms with Gasteiger partial charge in [-0.1, -0.05) is 48.5 Å². The number of carbonyl (C=O) groups excluding carboxylic acids is 1. The van der Waals surface area contributed by atoms with Crippen LogP contribution in [0.25, 0.3) is 0 Å². The van der Waals surface area contributed by atoms with Crippen molar-refractivity contribution in [1.82, 2.24) is 10.2 Å². The number of rotatable bonds is 5. The lowest BCUT2D eigenvalue weighted by Gasteiger charge is -2.39. The second kappa shape index (κ2) is 7.23. The first-order valence-corrected chi connectivity index (χ1v) is 9.12. The van der Waals surface area contributed by atoms with Gasteiger partial charge in [-0.15, -0.1) is 10.2 Å². The van der Waals surface area contributed by atoms with Gasteiger partial charge in [0.1, 0.15) is 0 Å². The van der Waals surface area contributed by atoms with Gasteiger partial charge in [-0.25, -0.2) is 0 Å². The Balaban J connectivity index is 1.55. The van der Waals surface area contributed by atoms with E-state index in [1.165, 1.54) is 0 Å². The number of amides is 1. The number of hydrogen-bond acceptors (Lipinski definition) is 5. The number of para-hydroxylation sites is 1. The molecule has 4 rings (SSSR count). The van der Waals surface area contributed by atoms with Gasteiger partial charge in [-0.3, -0.25) is 4.79 Å². The van der Waals surface area contributed by atoms with Crippen LogP contribution in [0.1, 0.15) is 42.2 Å². The Kier molecular flexibility index (Phi) is 4.62. The summed E-state index contributed by atoms with van der Waals surface area (Å²) < 4.78 is 5.87. The molecule has 2 atom stereocenters. The molecule has 0 aliphatic carbocycles. The molecule has 1 aromatic heterocycles. The van der Waals surface area contributed by atoms with E-state index in [9.17, 15) is 4.79 Å². The van der Waals surface area contributed by atoms with Crippen LogP contribution in [0.4, 0.5) is 5.69 Å². The van der Waals surface area contributed by atoms with Crippen LogP contribution in [0.5, 0.6) is 0 Å². The van der Waals surface area contributed by atoms with Crippen LogP contribution < -0.4 is 10.6 Å². The summed E-state index contributed by atoms with van der Waals surface area (Å²) in [5.41, 5.74) is 8.72. The van der Waals surface area contributed by atoms with E-state index in [0.29, 0.717) is 31.2 Å². The summed E-state index contributed by atoms with van der Waals surface area (Å²) in [5, 5.41) is 8.40. The number of anilines is 1. The molecule has 6 heteroatoms. The molecule has 0 saturated heterocycles. The minimum Gasteiger partial charge on any atom is -0.423 e. The minimum absolute atomic E-state index is 0.141. The average Bonchev–Trinajstić information content (AvgIpc) is 3.11. The highest BCUT2D eigenvalue weighted by Crippen LogP contribution is 2.38. The van der Waals surface area contributed by atoms with E-state index in [1.54, 1.807) is 0 Å². The Morgan fingerprint density at radius 1 is 1.11 bits per heavy atom.